The molecule has 1 aliphatic heterocycles. The summed E-state index contributed by atoms with van der Waals surface area (Å²) in [4.78, 5) is 18.5. The molecule has 1 aromatic heterocycles. The van der Waals surface area contributed by atoms with Gasteiger partial charge in [-0.3, -0.25) is 4.79 Å². The molecule has 1 aliphatic rings. The van der Waals surface area contributed by atoms with E-state index in [0.717, 1.165) is 0 Å². The number of halogens is 1. The number of benzene rings is 1. The normalized spacial score (nSPS) is 18.2. The number of hydrogen-bond acceptors (Lipinski definition) is 5. The summed E-state index contributed by atoms with van der Waals surface area (Å²) < 4.78 is 24.1. The lowest BCUT2D eigenvalue weighted by molar-refractivity contribution is -0.138. The van der Waals surface area contributed by atoms with Gasteiger partial charge in [0.15, 0.2) is 0 Å². The quantitative estimate of drug-likeness (QED) is 0.860. The Labute approximate surface area is 139 Å². The van der Waals surface area contributed by atoms with E-state index in [-0.39, 0.29) is 24.1 Å². The van der Waals surface area contributed by atoms with Gasteiger partial charge in [0.1, 0.15) is 11.9 Å². The second-order valence-electron chi connectivity index (χ2n) is 6.15. The van der Waals surface area contributed by atoms with Gasteiger partial charge in [0.05, 0.1) is 19.6 Å². The molecule has 0 aliphatic carbocycles. The molecule has 24 heavy (non-hydrogen) atoms. The van der Waals surface area contributed by atoms with Crippen molar-refractivity contribution in [3.05, 3.63) is 47.4 Å². The van der Waals surface area contributed by atoms with Crippen molar-refractivity contribution >= 4 is 5.91 Å². The first kappa shape index (κ1) is 16.6. The Balaban J connectivity index is 1.65. The molecule has 0 bridgehead atoms. The van der Waals surface area contributed by atoms with Crippen LogP contribution < -0.4 is 0 Å². The zero-order valence-corrected chi connectivity index (χ0v) is 13.7. The highest BCUT2D eigenvalue weighted by atomic mass is 19.1. The first-order valence-electron chi connectivity index (χ1n) is 8.00. The molecule has 0 radical (unpaired) electrons. The van der Waals surface area contributed by atoms with E-state index in [2.05, 4.69) is 10.1 Å². The summed E-state index contributed by atoms with van der Waals surface area (Å²) in [5, 5.41) is 3.95. The number of rotatable bonds is 4. The number of ether oxygens (including phenoxy) is 1. The zero-order valence-electron chi connectivity index (χ0n) is 13.7. The van der Waals surface area contributed by atoms with Crippen LogP contribution in [0.15, 0.2) is 28.8 Å². The van der Waals surface area contributed by atoms with Gasteiger partial charge < -0.3 is 14.2 Å². The van der Waals surface area contributed by atoms with Gasteiger partial charge in [0.2, 0.25) is 17.6 Å². The third kappa shape index (κ3) is 3.79. The summed E-state index contributed by atoms with van der Waals surface area (Å²) in [5.74, 6) is 0.744. The minimum absolute atomic E-state index is 0.0681. The summed E-state index contributed by atoms with van der Waals surface area (Å²) >= 11 is 0. The molecule has 1 aromatic carbocycles. The Bertz CT molecular complexity index is 717. The van der Waals surface area contributed by atoms with E-state index in [1.165, 1.54) is 12.1 Å². The van der Waals surface area contributed by atoms with E-state index in [9.17, 15) is 9.18 Å². The molecule has 0 unspecified atom stereocenters. The van der Waals surface area contributed by atoms with Crippen LogP contribution in [0.25, 0.3) is 0 Å². The SMILES string of the molecule is CC(C)c1nc([C@@H]2CN(C(=O)Cc3cccc(F)c3)CCO2)no1. The number of carbonyl (C=O) groups is 1. The fourth-order valence-electron chi connectivity index (χ4n) is 2.58. The molecule has 1 saturated heterocycles. The molecule has 128 valence electrons. The average Bonchev–Trinajstić information content (AvgIpc) is 3.05. The van der Waals surface area contributed by atoms with Crippen LogP contribution >= 0.6 is 0 Å². The lowest BCUT2D eigenvalue weighted by Gasteiger charge is -2.31. The molecule has 0 spiro atoms. The Kier molecular flexibility index (Phi) is 4.89. The summed E-state index contributed by atoms with van der Waals surface area (Å²) in [6, 6.07) is 6.09. The maximum atomic E-state index is 13.2. The summed E-state index contributed by atoms with van der Waals surface area (Å²) in [7, 11) is 0. The first-order chi connectivity index (χ1) is 11.5. The van der Waals surface area contributed by atoms with Gasteiger partial charge in [-0.05, 0) is 17.7 Å². The number of morpholine rings is 1. The lowest BCUT2D eigenvalue weighted by Crippen LogP contribution is -2.43. The molecule has 6 nitrogen and oxygen atoms in total. The number of carbonyl (C=O) groups excluding carboxylic acids is 1. The number of hydrogen-bond donors (Lipinski definition) is 0. The van der Waals surface area contributed by atoms with E-state index < -0.39 is 6.10 Å². The van der Waals surface area contributed by atoms with Gasteiger partial charge in [-0.15, -0.1) is 0 Å². The third-order valence-corrected chi connectivity index (χ3v) is 3.90. The molecular weight excluding hydrogens is 313 g/mol. The third-order valence-electron chi connectivity index (χ3n) is 3.90. The first-order valence-corrected chi connectivity index (χ1v) is 8.00. The van der Waals surface area contributed by atoms with Crippen LogP contribution in [-0.2, 0) is 16.0 Å². The fraction of sp³-hybridized carbons (Fsp3) is 0.471. The van der Waals surface area contributed by atoms with Crippen molar-refractivity contribution in [2.75, 3.05) is 19.7 Å². The second-order valence-corrected chi connectivity index (χ2v) is 6.15. The van der Waals surface area contributed by atoms with Gasteiger partial charge in [-0.25, -0.2) is 4.39 Å². The highest BCUT2D eigenvalue weighted by Crippen LogP contribution is 2.22. The van der Waals surface area contributed by atoms with Crippen LogP contribution in [0, 0.1) is 5.82 Å². The maximum Gasteiger partial charge on any atom is 0.229 e. The Hall–Kier alpha value is -2.28. The smallest absolute Gasteiger partial charge is 0.229 e. The van der Waals surface area contributed by atoms with Gasteiger partial charge in [-0.1, -0.05) is 31.1 Å². The standard InChI is InChI=1S/C17H20FN3O3/c1-11(2)17-19-16(20-24-17)14-10-21(6-7-23-14)15(22)9-12-4-3-5-13(18)8-12/h3-5,8,11,14H,6-7,9-10H2,1-2H3/t14-/m0/s1. The maximum absolute atomic E-state index is 13.2. The van der Waals surface area contributed by atoms with Crippen LogP contribution in [-0.4, -0.2) is 40.6 Å². The van der Waals surface area contributed by atoms with Crippen molar-refractivity contribution in [3.63, 3.8) is 0 Å². The molecule has 0 N–H and O–H groups in total. The van der Waals surface area contributed by atoms with Crippen molar-refractivity contribution in [2.45, 2.75) is 32.3 Å². The van der Waals surface area contributed by atoms with Crippen LogP contribution in [0.3, 0.4) is 0 Å². The van der Waals surface area contributed by atoms with Crippen molar-refractivity contribution in [2.24, 2.45) is 0 Å². The predicted octanol–water partition coefficient (Wildman–Crippen LogP) is 2.47. The molecule has 7 heteroatoms. The van der Waals surface area contributed by atoms with Gasteiger partial charge in [-0.2, -0.15) is 4.98 Å². The van der Waals surface area contributed by atoms with Gasteiger partial charge in [0, 0.05) is 12.5 Å². The van der Waals surface area contributed by atoms with E-state index in [1.54, 1.807) is 17.0 Å². The van der Waals surface area contributed by atoms with Crippen LogP contribution in [0.1, 0.15) is 43.1 Å². The van der Waals surface area contributed by atoms with Crippen molar-refractivity contribution in [3.8, 4) is 0 Å². The van der Waals surface area contributed by atoms with Gasteiger partial charge in [0.25, 0.3) is 0 Å². The lowest BCUT2D eigenvalue weighted by atomic mass is 10.1. The van der Waals surface area contributed by atoms with Gasteiger partial charge >= 0.3 is 0 Å². The zero-order chi connectivity index (χ0) is 17.1. The van der Waals surface area contributed by atoms with Crippen molar-refractivity contribution in [1.29, 1.82) is 0 Å². The minimum atomic E-state index is -0.397. The Morgan fingerprint density at radius 1 is 1.46 bits per heavy atom. The minimum Gasteiger partial charge on any atom is -0.366 e. The van der Waals surface area contributed by atoms with Crippen LogP contribution in [0.2, 0.25) is 0 Å². The molecule has 0 saturated carbocycles. The van der Waals surface area contributed by atoms with Crippen LogP contribution in [0.4, 0.5) is 4.39 Å². The average molecular weight is 333 g/mol. The fourth-order valence-corrected chi connectivity index (χ4v) is 2.58. The molecular formula is C17H20FN3O3. The molecule has 2 aromatic rings. The molecule has 1 atom stereocenters. The summed E-state index contributed by atoms with van der Waals surface area (Å²) in [6.45, 7) is 5.21. The molecule has 3 rings (SSSR count). The molecule has 2 heterocycles. The Morgan fingerprint density at radius 3 is 3.00 bits per heavy atom. The van der Waals surface area contributed by atoms with Crippen molar-refractivity contribution in [1.82, 2.24) is 15.0 Å². The summed E-state index contributed by atoms with van der Waals surface area (Å²) in [6.07, 6.45) is -0.236. The highest BCUT2D eigenvalue weighted by molar-refractivity contribution is 5.78. The van der Waals surface area contributed by atoms with E-state index in [1.807, 2.05) is 13.8 Å². The number of aromatic nitrogens is 2. The monoisotopic (exact) mass is 333 g/mol. The highest BCUT2D eigenvalue weighted by Gasteiger charge is 2.29. The predicted molar refractivity (Wildman–Crippen MR) is 83.8 cm³/mol. The van der Waals surface area contributed by atoms with E-state index >= 15 is 0 Å². The van der Waals surface area contributed by atoms with Crippen LogP contribution in [0.5, 0.6) is 0 Å². The Morgan fingerprint density at radius 2 is 2.29 bits per heavy atom. The van der Waals surface area contributed by atoms with E-state index in [4.69, 9.17) is 9.26 Å². The number of nitrogens with zero attached hydrogens (tertiary/aromatic N) is 3. The second kappa shape index (κ2) is 7.09. The number of amides is 1. The molecule has 1 amide bonds. The largest absolute Gasteiger partial charge is 0.366 e. The van der Waals surface area contributed by atoms with Crippen molar-refractivity contribution < 1.29 is 18.4 Å². The molecule has 1 fully saturated rings. The van der Waals surface area contributed by atoms with E-state index in [0.29, 0.717) is 37.0 Å². The summed E-state index contributed by atoms with van der Waals surface area (Å²) in [5.41, 5.74) is 0.657. The topological polar surface area (TPSA) is 68.5 Å².